The predicted octanol–water partition coefficient (Wildman–Crippen LogP) is 3.47. The first-order valence-electron chi connectivity index (χ1n) is 10.3. The second kappa shape index (κ2) is 9.60. The highest BCUT2D eigenvalue weighted by Crippen LogP contribution is 2.23. The van der Waals surface area contributed by atoms with Crippen LogP contribution in [0.3, 0.4) is 0 Å². The van der Waals surface area contributed by atoms with Gasteiger partial charge in [-0.15, -0.1) is 11.3 Å². The molecule has 1 fully saturated rings. The van der Waals surface area contributed by atoms with Gasteiger partial charge in [0.1, 0.15) is 0 Å². The van der Waals surface area contributed by atoms with Gasteiger partial charge in [0.05, 0.1) is 4.90 Å². The van der Waals surface area contributed by atoms with E-state index in [-0.39, 0.29) is 22.9 Å². The van der Waals surface area contributed by atoms with Crippen molar-refractivity contribution in [2.75, 3.05) is 19.6 Å². The average molecular weight is 450 g/mol. The first-order valence-corrected chi connectivity index (χ1v) is 12.7. The van der Waals surface area contributed by atoms with Crippen LogP contribution < -0.4 is 10.0 Å². The molecule has 1 aliphatic heterocycles. The van der Waals surface area contributed by atoms with Gasteiger partial charge in [-0.25, -0.2) is 13.1 Å². The minimum atomic E-state index is -3.69. The summed E-state index contributed by atoms with van der Waals surface area (Å²) in [6.45, 7) is 9.36. The monoisotopic (exact) mass is 449 g/mol. The molecule has 2 heterocycles. The van der Waals surface area contributed by atoms with Gasteiger partial charge < -0.3 is 5.32 Å². The van der Waals surface area contributed by atoms with Crippen molar-refractivity contribution < 1.29 is 13.2 Å². The molecule has 2 aromatic rings. The van der Waals surface area contributed by atoms with Crippen molar-refractivity contribution >= 4 is 27.3 Å². The number of carbonyl (C=O) groups excluding carboxylic acids is 1. The van der Waals surface area contributed by atoms with Crippen LogP contribution in [0.1, 0.15) is 48.8 Å². The summed E-state index contributed by atoms with van der Waals surface area (Å²) in [4.78, 5) is 16.2. The third-order valence-corrected chi connectivity index (χ3v) is 7.89. The maximum Gasteiger partial charge on any atom is 0.251 e. The minimum absolute atomic E-state index is 0.0934. The van der Waals surface area contributed by atoms with Gasteiger partial charge in [0.15, 0.2) is 0 Å². The highest BCUT2D eigenvalue weighted by Gasteiger charge is 2.30. The molecule has 3 rings (SSSR count). The molecule has 1 aromatic carbocycles. The van der Waals surface area contributed by atoms with Crippen molar-refractivity contribution in [1.29, 1.82) is 0 Å². The number of amides is 1. The highest BCUT2D eigenvalue weighted by atomic mass is 32.2. The molecular formula is C22H31N3O3S2. The zero-order chi connectivity index (χ0) is 21.8. The molecule has 2 N–H and O–H groups in total. The number of thiophene rings is 1. The Kier molecular flexibility index (Phi) is 7.34. The lowest BCUT2D eigenvalue weighted by atomic mass is 9.93. The van der Waals surface area contributed by atoms with Gasteiger partial charge in [-0.3, -0.25) is 9.69 Å². The topological polar surface area (TPSA) is 78.5 Å². The van der Waals surface area contributed by atoms with Crippen LogP contribution in [-0.2, 0) is 16.6 Å². The van der Waals surface area contributed by atoms with Gasteiger partial charge in [0, 0.05) is 35.6 Å². The molecular weight excluding hydrogens is 418 g/mol. The van der Waals surface area contributed by atoms with Crippen LogP contribution in [0.4, 0.5) is 0 Å². The number of hydrogen-bond donors (Lipinski definition) is 2. The molecule has 1 atom stereocenters. The van der Waals surface area contributed by atoms with E-state index in [4.69, 9.17) is 0 Å². The molecule has 1 amide bonds. The Bertz CT molecular complexity index is 956. The summed E-state index contributed by atoms with van der Waals surface area (Å²) < 4.78 is 27.8. The Balaban J connectivity index is 1.62. The molecule has 1 saturated heterocycles. The van der Waals surface area contributed by atoms with Crippen LogP contribution in [0.2, 0.25) is 0 Å². The van der Waals surface area contributed by atoms with E-state index >= 15 is 0 Å². The van der Waals surface area contributed by atoms with E-state index in [1.165, 1.54) is 36.3 Å². The third kappa shape index (κ3) is 5.91. The summed E-state index contributed by atoms with van der Waals surface area (Å²) in [5.74, 6) is 0.403. The molecule has 1 aliphatic rings. The van der Waals surface area contributed by atoms with E-state index in [9.17, 15) is 13.2 Å². The number of hydrogen-bond acceptors (Lipinski definition) is 5. The van der Waals surface area contributed by atoms with Crippen LogP contribution in [0.5, 0.6) is 0 Å². The number of rotatable bonds is 8. The Morgan fingerprint density at radius 2 is 2.07 bits per heavy atom. The number of benzene rings is 1. The molecule has 0 saturated carbocycles. The summed E-state index contributed by atoms with van der Waals surface area (Å²) in [7, 11) is -3.69. The van der Waals surface area contributed by atoms with Crippen LogP contribution in [0, 0.1) is 5.92 Å². The fourth-order valence-electron chi connectivity index (χ4n) is 3.72. The second-order valence-electron chi connectivity index (χ2n) is 8.62. The standard InChI is InChI=1S/C22H31N3O3S2/c1-17-7-5-11-25(15-17)22(2,3)16-23-21(26)18-8-4-10-20(13-18)30(27,28)24-14-19-9-6-12-29-19/h4,6,8-10,12-13,17,24H,5,7,11,14-16H2,1-3H3,(H,23,26). The molecule has 164 valence electrons. The van der Waals surface area contributed by atoms with Crippen molar-refractivity contribution in [3.05, 3.63) is 52.2 Å². The van der Waals surface area contributed by atoms with Crippen molar-refractivity contribution in [3.8, 4) is 0 Å². The summed E-state index contributed by atoms with van der Waals surface area (Å²) in [5, 5.41) is 4.89. The fraction of sp³-hybridized carbons (Fsp3) is 0.500. The maximum absolute atomic E-state index is 12.7. The maximum atomic E-state index is 12.7. The highest BCUT2D eigenvalue weighted by molar-refractivity contribution is 7.89. The lowest BCUT2D eigenvalue weighted by Gasteiger charge is -2.43. The van der Waals surface area contributed by atoms with Crippen LogP contribution in [-0.4, -0.2) is 44.4 Å². The van der Waals surface area contributed by atoms with Gasteiger partial charge >= 0.3 is 0 Å². The van der Waals surface area contributed by atoms with E-state index < -0.39 is 10.0 Å². The van der Waals surface area contributed by atoms with Gasteiger partial charge in [-0.1, -0.05) is 19.1 Å². The van der Waals surface area contributed by atoms with Crippen molar-refractivity contribution in [1.82, 2.24) is 14.9 Å². The normalized spacial score (nSPS) is 18.3. The Labute approximate surface area is 183 Å². The van der Waals surface area contributed by atoms with Crippen molar-refractivity contribution in [3.63, 3.8) is 0 Å². The second-order valence-corrected chi connectivity index (χ2v) is 11.4. The predicted molar refractivity (Wildman–Crippen MR) is 121 cm³/mol. The van der Waals surface area contributed by atoms with Gasteiger partial charge in [0.25, 0.3) is 5.91 Å². The largest absolute Gasteiger partial charge is 0.350 e. The van der Waals surface area contributed by atoms with Crippen molar-refractivity contribution in [2.45, 2.75) is 50.6 Å². The fourth-order valence-corrected chi connectivity index (χ4v) is 5.50. The number of likely N-dealkylation sites (tertiary alicyclic amines) is 1. The molecule has 0 bridgehead atoms. The van der Waals surface area contributed by atoms with Crippen LogP contribution >= 0.6 is 11.3 Å². The van der Waals surface area contributed by atoms with E-state index in [1.54, 1.807) is 12.1 Å². The summed E-state index contributed by atoms with van der Waals surface area (Å²) >= 11 is 1.49. The number of nitrogens with zero attached hydrogens (tertiary/aromatic N) is 1. The smallest absolute Gasteiger partial charge is 0.251 e. The van der Waals surface area contributed by atoms with Gasteiger partial charge in [-0.05, 0) is 68.8 Å². The van der Waals surface area contributed by atoms with Gasteiger partial charge in [0.2, 0.25) is 10.0 Å². The van der Waals surface area contributed by atoms with Crippen LogP contribution in [0.25, 0.3) is 0 Å². The quantitative estimate of drug-likeness (QED) is 0.647. The van der Waals surface area contributed by atoms with E-state index in [1.807, 2.05) is 17.5 Å². The zero-order valence-corrected chi connectivity index (χ0v) is 19.5. The first-order chi connectivity index (χ1) is 14.2. The minimum Gasteiger partial charge on any atom is -0.350 e. The third-order valence-electron chi connectivity index (χ3n) is 5.62. The Morgan fingerprint density at radius 3 is 2.77 bits per heavy atom. The molecule has 1 aromatic heterocycles. The SMILES string of the molecule is CC1CCCN(C(C)(C)CNC(=O)c2cccc(S(=O)(=O)NCc3cccs3)c2)C1. The molecule has 0 spiro atoms. The molecule has 1 unspecified atom stereocenters. The molecule has 0 radical (unpaired) electrons. The Hall–Kier alpha value is -1.74. The van der Waals surface area contributed by atoms with E-state index in [0.717, 1.165) is 18.0 Å². The van der Waals surface area contributed by atoms with E-state index in [2.05, 4.69) is 35.7 Å². The first kappa shape index (κ1) is 22.9. The number of sulfonamides is 1. The molecule has 8 heteroatoms. The number of carbonyl (C=O) groups is 1. The zero-order valence-electron chi connectivity index (χ0n) is 17.8. The molecule has 6 nitrogen and oxygen atoms in total. The summed E-state index contributed by atoms with van der Waals surface area (Å²) in [6, 6.07) is 9.94. The number of nitrogens with one attached hydrogen (secondary N) is 2. The lowest BCUT2D eigenvalue weighted by Crippen LogP contribution is -2.54. The lowest BCUT2D eigenvalue weighted by molar-refractivity contribution is 0.0657. The Morgan fingerprint density at radius 1 is 1.27 bits per heavy atom. The van der Waals surface area contributed by atoms with Gasteiger partial charge in [-0.2, -0.15) is 0 Å². The number of piperidine rings is 1. The average Bonchev–Trinajstić information content (AvgIpc) is 3.24. The van der Waals surface area contributed by atoms with Crippen molar-refractivity contribution in [2.24, 2.45) is 5.92 Å². The molecule has 30 heavy (non-hydrogen) atoms. The van der Waals surface area contributed by atoms with Crippen LogP contribution in [0.15, 0.2) is 46.7 Å². The summed E-state index contributed by atoms with van der Waals surface area (Å²) in [6.07, 6.45) is 2.43. The summed E-state index contributed by atoms with van der Waals surface area (Å²) in [5.41, 5.74) is 0.188. The molecule has 0 aliphatic carbocycles. The van der Waals surface area contributed by atoms with E-state index in [0.29, 0.717) is 18.0 Å².